The van der Waals surface area contributed by atoms with Gasteiger partial charge in [-0.25, -0.2) is 22.0 Å². The molecular weight excluding hydrogens is 382 g/mol. The van der Waals surface area contributed by atoms with E-state index in [1.54, 1.807) is 0 Å². The number of sulfonamides is 2. The topological polar surface area (TPSA) is 106 Å². The molecule has 0 spiro atoms. The molecule has 0 unspecified atom stereocenters. The van der Waals surface area contributed by atoms with Gasteiger partial charge in [0.05, 0.1) is 15.5 Å². The quantitative estimate of drug-likeness (QED) is 0.732. The molecule has 0 fully saturated rings. The van der Waals surface area contributed by atoms with Crippen LogP contribution in [0, 0.1) is 0 Å². The summed E-state index contributed by atoms with van der Waals surface area (Å²) >= 11 is 0.192. The largest absolute Gasteiger partial charge is 0.288 e. The molecule has 0 aliphatic carbocycles. The summed E-state index contributed by atoms with van der Waals surface area (Å²) in [4.78, 5) is -0.690. The Morgan fingerprint density at radius 2 is 1.58 bits per heavy atom. The monoisotopic (exact) mass is 394 g/mol. The minimum atomic E-state index is -4.18. The zero-order valence-electron chi connectivity index (χ0n) is 11.9. The molecule has 0 aliphatic rings. The first-order valence-corrected chi connectivity index (χ1v) is 10.2. The van der Waals surface area contributed by atoms with Gasteiger partial charge in [-0.3, -0.25) is 4.72 Å². The third-order valence-corrected chi connectivity index (χ3v) is 5.85. The van der Waals surface area contributed by atoms with Crippen LogP contribution in [-0.2, 0) is 20.0 Å². The Bertz CT molecular complexity index is 947. The van der Waals surface area contributed by atoms with Crippen molar-refractivity contribution in [3.8, 4) is 0 Å². The Balaban J connectivity index is 2.40. The fourth-order valence-electron chi connectivity index (χ4n) is 1.77. The minimum absolute atomic E-state index is 0.0381. The maximum absolute atomic E-state index is 12.5. The average Bonchev–Trinajstić information content (AvgIpc) is 2.48. The second kappa shape index (κ2) is 7.05. The van der Waals surface area contributed by atoms with Gasteiger partial charge in [0.1, 0.15) is 0 Å². The Morgan fingerprint density at radius 3 is 2.21 bits per heavy atom. The van der Waals surface area contributed by atoms with Gasteiger partial charge in [-0.05, 0) is 30.3 Å². The molecule has 0 atom stereocenters. The Morgan fingerprint density at radius 1 is 0.958 bits per heavy atom. The zero-order valence-corrected chi connectivity index (χ0v) is 14.3. The summed E-state index contributed by atoms with van der Waals surface area (Å²) in [6.07, 6.45) is 0. The van der Waals surface area contributed by atoms with E-state index in [1.807, 2.05) is 0 Å². The molecule has 11 heteroatoms. The SMILES string of the molecule is NS(=O)(=O)c1cccc(S(=O)(=O)Nc2ccccc2SC(F)F)c1. The van der Waals surface area contributed by atoms with E-state index in [-0.39, 0.29) is 32.1 Å². The van der Waals surface area contributed by atoms with Crippen molar-refractivity contribution in [2.75, 3.05) is 4.72 Å². The van der Waals surface area contributed by atoms with Gasteiger partial charge in [0.15, 0.2) is 0 Å². The summed E-state index contributed by atoms with van der Waals surface area (Å²) in [5, 5.41) is 4.97. The van der Waals surface area contributed by atoms with Crippen molar-refractivity contribution < 1.29 is 25.6 Å². The van der Waals surface area contributed by atoms with E-state index in [2.05, 4.69) is 4.72 Å². The van der Waals surface area contributed by atoms with Crippen LogP contribution in [0.1, 0.15) is 0 Å². The third-order valence-electron chi connectivity index (χ3n) is 2.79. The number of nitrogens with one attached hydrogen (secondary N) is 1. The molecule has 0 aliphatic heterocycles. The van der Waals surface area contributed by atoms with E-state index in [9.17, 15) is 25.6 Å². The second-order valence-electron chi connectivity index (χ2n) is 4.50. The van der Waals surface area contributed by atoms with Gasteiger partial charge in [-0.15, -0.1) is 0 Å². The van der Waals surface area contributed by atoms with Crippen molar-refractivity contribution in [2.45, 2.75) is 20.4 Å². The molecule has 2 aromatic rings. The minimum Gasteiger partial charge on any atom is -0.278 e. The number of thioether (sulfide) groups is 1. The number of anilines is 1. The lowest BCUT2D eigenvalue weighted by molar-refractivity contribution is 0.252. The smallest absolute Gasteiger partial charge is 0.278 e. The molecule has 0 saturated carbocycles. The van der Waals surface area contributed by atoms with Crippen LogP contribution < -0.4 is 9.86 Å². The molecule has 6 nitrogen and oxygen atoms in total. The van der Waals surface area contributed by atoms with Crippen LogP contribution in [0.25, 0.3) is 0 Å². The number of hydrogen-bond donors (Lipinski definition) is 2. The van der Waals surface area contributed by atoms with Crippen LogP contribution in [0.15, 0.2) is 63.2 Å². The zero-order chi connectivity index (χ0) is 18.0. The van der Waals surface area contributed by atoms with Gasteiger partial charge in [0.25, 0.3) is 15.8 Å². The molecule has 0 heterocycles. The summed E-state index contributed by atoms with van der Waals surface area (Å²) in [6.45, 7) is 0. The van der Waals surface area contributed by atoms with Crippen LogP contribution in [0.4, 0.5) is 14.5 Å². The molecule has 0 saturated heterocycles. The summed E-state index contributed by atoms with van der Waals surface area (Å²) in [7, 11) is -8.26. The highest BCUT2D eigenvalue weighted by molar-refractivity contribution is 8.00. The van der Waals surface area contributed by atoms with Gasteiger partial charge >= 0.3 is 0 Å². The van der Waals surface area contributed by atoms with Crippen LogP contribution in [0.3, 0.4) is 0 Å². The molecule has 3 N–H and O–H groups in total. The van der Waals surface area contributed by atoms with E-state index in [0.29, 0.717) is 0 Å². The maximum Gasteiger partial charge on any atom is 0.288 e. The second-order valence-corrected chi connectivity index (χ2v) is 8.78. The van der Waals surface area contributed by atoms with E-state index in [0.717, 1.165) is 12.1 Å². The first-order chi connectivity index (χ1) is 11.1. The molecule has 130 valence electrons. The van der Waals surface area contributed by atoms with E-state index in [1.165, 1.54) is 36.4 Å². The standard InChI is InChI=1S/C13H12F2N2O4S3/c14-13(15)22-12-7-2-1-6-11(12)17-24(20,21)10-5-3-4-9(8-10)23(16,18)19/h1-8,13,17H,(H2,16,18,19). The predicted octanol–water partition coefficient (Wildman–Crippen LogP) is 2.45. The van der Waals surface area contributed by atoms with Gasteiger partial charge in [-0.1, -0.05) is 30.0 Å². The fraction of sp³-hybridized carbons (Fsp3) is 0.0769. The van der Waals surface area contributed by atoms with Crippen LogP contribution >= 0.6 is 11.8 Å². The molecule has 24 heavy (non-hydrogen) atoms. The Hall–Kier alpha value is -1.69. The number of hydrogen-bond acceptors (Lipinski definition) is 5. The fourth-order valence-corrected chi connectivity index (χ4v) is 4.19. The average molecular weight is 394 g/mol. The molecule has 0 aromatic heterocycles. The van der Waals surface area contributed by atoms with Gasteiger partial charge in [0, 0.05) is 4.90 Å². The summed E-state index contributed by atoms with van der Waals surface area (Å²) < 4.78 is 74.7. The first kappa shape index (κ1) is 18.6. The van der Waals surface area contributed by atoms with Crippen molar-refractivity contribution in [2.24, 2.45) is 5.14 Å². The van der Waals surface area contributed by atoms with Gasteiger partial charge < -0.3 is 0 Å². The molecular formula is C13H12F2N2O4S3. The number of halogens is 2. The number of alkyl halides is 2. The number of nitrogens with two attached hydrogens (primary N) is 1. The summed E-state index contributed by atoms with van der Waals surface area (Å²) in [5.74, 6) is -2.72. The molecule has 2 aromatic carbocycles. The van der Waals surface area contributed by atoms with Crippen molar-refractivity contribution in [3.05, 3.63) is 48.5 Å². The lowest BCUT2D eigenvalue weighted by Crippen LogP contribution is -2.16. The first-order valence-electron chi connectivity index (χ1n) is 6.29. The van der Waals surface area contributed by atoms with Crippen molar-refractivity contribution in [3.63, 3.8) is 0 Å². The molecule has 0 radical (unpaired) electrons. The highest BCUT2D eigenvalue weighted by Gasteiger charge is 2.19. The Labute approximate surface area is 142 Å². The third kappa shape index (κ3) is 4.66. The maximum atomic E-state index is 12.5. The molecule has 0 bridgehead atoms. The van der Waals surface area contributed by atoms with Crippen molar-refractivity contribution in [1.82, 2.24) is 0 Å². The van der Waals surface area contributed by atoms with E-state index in [4.69, 9.17) is 5.14 Å². The van der Waals surface area contributed by atoms with Crippen LogP contribution in [0.5, 0.6) is 0 Å². The molecule has 0 amide bonds. The summed E-state index contributed by atoms with van der Waals surface area (Å²) in [6, 6.07) is 10.1. The van der Waals surface area contributed by atoms with Crippen LogP contribution in [0.2, 0.25) is 0 Å². The molecule has 2 rings (SSSR count). The lowest BCUT2D eigenvalue weighted by Gasteiger charge is -2.12. The van der Waals surface area contributed by atoms with E-state index >= 15 is 0 Å². The number of rotatable bonds is 6. The summed E-state index contributed by atoms with van der Waals surface area (Å²) in [5.41, 5.74) is -0.0381. The number of primary sulfonamides is 1. The van der Waals surface area contributed by atoms with Gasteiger partial charge in [-0.2, -0.15) is 8.78 Å². The lowest BCUT2D eigenvalue weighted by atomic mass is 10.3. The normalized spacial score (nSPS) is 12.3. The van der Waals surface area contributed by atoms with Crippen LogP contribution in [-0.4, -0.2) is 22.6 Å². The highest BCUT2D eigenvalue weighted by atomic mass is 32.2. The van der Waals surface area contributed by atoms with Gasteiger partial charge in [0.2, 0.25) is 10.0 Å². The number of para-hydroxylation sites is 1. The van der Waals surface area contributed by atoms with Crippen molar-refractivity contribution >= 4 is 37.5 Å². The highest BCUT2D eigenvalue weighted by Crippen LogP contribution is 2.33. The van der Waals surface area contributed by atoms with E-state index < -0.39 is 25.8 Å². The van der Waals surface area contributed by atoms with Crippen molar-refractivity contribution in [1.29, 1.82) is 0 Å². The number of benzene rings is 2. The Kier molecular flexibility index (Phi) is 5.48. The predicted molar refractivity (Wildman–Crippen MR) is 86.9 cm³/mol.